The highest BCUT2D eigenvalue weighted by Gasteiger charge is 2.13. The molecule has 0 fully saturated rings. The fraction of sp³-hybridized carbons (Fsp3) is 0.538. The number of aryl methyl sites for hydroxylation is 3. The Morgan fingerprint density at radius 3 is 2.79 bits per heavy atom. The lowest BCUT2D eigenvalue weighted by Crippen LogP contribution is -2.03. The van der Waals surface area contributed by atoms with Crippen molar-refractivity contribution in [3.05, 3.63) is 28.3 Å². The van der Waals surface area contributed by atoms with Gasteiger partial charge in [-0.2, -0.15) is 10.2 Å². The zero-order valence-corrected chi connectivity index (χ0v) is 13.1. The van der Waals surface area contributed by atoms with Gasteiger partial charge in [-0.15, -0.1) is 0 Å². The van der Waals surface area contributed by atoms with Gasteiger partial charge in [0.1, 0.15) is 6.61 Å². The minimum atomic E-state index is 0.488. The summed E-state index contributed by atoms with van der Waals surface area (Å²) in [5, 5.41) is 8.69. The second-order valence-electron chi connectivity index (χ2n) is 4.41. The van der Waals surface area contributed by atoms with E-state index in [0.717, 1.165) is 41.0 Å². The van der Waals surface area contributed by atoms with Crippen molar-refractivity contribution < 1.29 is 4.74 Å². The Labute approximate surface area is 121 Å². The van der Waals surface area contributed by atoms with E-state index in [0.29, 0.717) is 6.61 Å². The third kappa shape index (κ3) is 3.18. The number of nitrogens with zero attached hydrogens (tertiary/aromatic N) is 4. The highest BCUT2D eigenvalue weighted by atomic mass is 79.9. The molecule has 5 nitrogen and oxygen atoms in total. The average Bonchev–Trinajstić information content (AvgIpc) is 2.93. The van der Waals surface area contributed by atoms with E-state index >= 15 is 0 Å². The number of hydrogen-bond acceptors (Lipinski definition) is 3. The lowest BCUT2D eigenvalue weighted by molar-refractivity contribution is 0.293. The molecule has 0 aromatic carbocycles. The summed E-state index contributed by atoms with van der Waals surface area (Å²) in [5.74, 6) is 0.791. The van der Waals surface area contributed by atoms with Crippen LogP contribution in [0.25, 0.3) is 0 Å². The quantitative estimate of drug-likeness (QED) is 0.819. The molecular formula is C13H19BrN4O. The highest BCUT2D eigenvalue weighted by Crippen LogP contribution is 2.23. The fourth-order valence-electron chi connectivity index (χ4n) is 1.90. The van der Waals surface area contributed by atoms with Crippen LogP contribution in [-0.4, -0.2) is 19.6 Å². The minimum absolute atomic E-state index is 0.488. The van der Waals surface area contributed by atoms with Crippen LogP contribution in [0.2, 0.25) is 0 Å². The van der Waals surface area contributed by atoms with Gasteiger partial charge in [-0.05, 0) is 28.8 Å². The van der Waals surface area contributed by atoms with E-state index < -0.39 is 0 Å². The van der Waals surface area contributed by atoms with Crippen LogP contribution < -0.4 is 4.74 Å². The zero-order chi connectivity index (χ0) is 13.8. The summed E-state index contributed by atoms with van der Waals surface area (Å²) in [6.45, 7) is 5.62. The van der Waals surface area contributed by atoms with Gasteiger partial charge >= 0.3 is 0 Å². The second-order valence-corrected chi connectivity index (χ2v) is 5.21. The van der Waals surface area contributed by atoms with E-state index in [1.54, 1.807) is 6.20 Å². The molecule has 0 radical (unpaired) electrons. The van der Waals surface area contributed by atoms with Crippen LogP contribution in [0.5, 0.6) is 5.75 Å². The van der Waals surface area contributed by atoms with Gasteiger partial charge in [0.2, 0.25) is 0 Å². The van der Waals surface area contributed by atoms with E-state index in [2.05, 4.69) is 40.0 Å². The molecule has 0 atom stereocenters. The molecule has 0 spiro atoms. The summed E-state index contributed by atoms with van der Waals surface area (Å²) in [6.07, 6.45) is 5.65. The molecule has 2 heterocycles. The molecule has 0 unspecified atom stereocenters. The van der Waals surface area contributed by atoms with Crippen molar-refractivity contribution in [1.82, 2.24) is 19.6 Å². The topological polar surface area (TPSA) is 44.9 Å². The fourth-order valence-corrected chi connectivity index (χ4v) is 2.63. The molecule has 0 bridgehead atoms. The highest BCUT2D eigenvalue weighted by molar-refractivity contribution is 9.10. The van der Waals surface area contributed by atoms with Crippen LogP contribution in [0.1, 0.15) is 31.7 Å². The Hall–Kier alpha value is -1.30. The molecule has 6 heteroatoms. The number of rotatable bonds is 6. The maximum atomic E-state index is 5.76. The Morgan fingerprint density at radius 1 is 1.37 bits per heavy atom. The van der Waals surface area contributed by atoms with Gasteiger partial charge in [0.25, 0.3) is 0 Å². The molecule has 2 aromatic heterocycles. The molecule has 0 saturated carbocycles. The normalized spacial score (nSPS) is 10.9. The zero-order valence-electron chi connectivity index (χ0n) is 11.6. The summed E-state index contributed by atoms with van der Waals surface area (Å²) in [4.78, 5) is 0. The van der Waals surface area contributed by atoms with Crippen LogP contribution in [0, 0.1) is 0 Å². The van der Waals surface area contributed by atoms with Crippen LogP contribution in [0.4, 0.5) is 0 Å². The Kier molecular flexibility index (Phi) is 4.63. The molecular weight excluding hydrogens is 308 g/mol. The number of aromatic nitrogens is 4. The van der Waals surface area contributed by atoms with E-state index in [4.69, 9.17) is 4.74 Å². The van der Waals surface area contributed by atoms with E-state index in [9.17, 15) is 0 Å². The molecule has 0 aliphatic carbocycles. The Bertz CT molecular complexity index is 547. The maximum Gasteiger partial charge on any atom is 0.157 e. The molecule has 2 rings (SSSR count). The summed E-state index contributed by atoms with van der Waals surface area (Å²) < 4.78 is 10.6. The first-order valence-electron chi connectivity index (χ1n) is 6.51. The van der Waals surface area contributed by atoms with Crippen LogP contribution >= 0.6 is 15.9 Å². The lowest BCUT2D eigenvalue weighted by Gasteiger charge is -2.04. The van der Waals surface area contributed by atoms with Gasteiger partial charge in [-0.25, -0.2) is 0 Å². The number of halogens is 1. The van der Waals surface area contributed by atoms with Gasteiger partial charge in [0.15, 0.2) is 5.75 Å². The molecule has 0 amide bonds. The second kappa shape index (κ2) is 6.23. The Balaban J connectivity index is 2.03. The summed E-state index contributed by atoms with van der Waals surface area (Å²) in [7, 11) is 1.93. The first-order valence-corrected chi connectivity index (χ1v) is 7.30. The molecule has 0 aliphatic heterocycles. The first-order chi connectivity index (χ1) is 9.15. The molecule has 0 saturated heterocycles. The van der Waals surface area contributed by atoms with Crippen molar-refractivity contribution in [3.63, 3.8) is 0 Å². The van der Waals surface area contributed by atoms with Gasteiger partial charge in [-0.1, -0.05) is 13.8 Å². The summed E-state index contributed by atoms with van der Waals surface area (Å²) in [6, 6.07) is 0. The maximum absolute atomic E-state index is 5.76. The van der Waals surface area contributed by atoms with Crippen LogP contribution in [0.3, 0.4) is 0 Å². The van der Waals surface area contributed by atoms with Crippen molar-refractivity contribution in [2.45, 2.75) is 39.8 Å². The van der Waals surface area contributed by atoms with Crippen LogP contribution in [0.15, 0.2) is 16.9 Å². The van der Waals surface area contributed by atoms with Crippen molar-refractivity contribution in [1.29, 1.82) is 0 Å². The summed E-state index contributed by atoms with van der Waals surface area (Å²) in [5.41, 5.74) is 2.10. The third-order valence-corrected chi connectivity index (χ3v) is 3.86. The van der Waals surface area contributed by atoms with Gasteiger partial charge in [-0.3, -0.25) is 9.36 Å². The van der Waals surface area contributed by atoms with Gasteiger partial charge < -0.3 is 4.74 Å². The third-order valence-electron chi connectivity index (χ3n) is 2.94. The summed E-state index contributed by atoms with van der Waals surface area (Å²) >= 11 is 3.58. The minimum Gasteiger partial charge on any atom is -0.484 e. The predicted molar refractivity (Wildman–Crippen MR) is 77.1 cm³/mol. The van der Waals surface area contributed by atoms with E-state index in [1.165, 1.54) is 0 Å². The largest absolute Gasteiger partial charge is 0.484 e. The van der Waals surface area contributed by atoms with E-state index in [-0.39, 0.29) is 0 Å². The molecule has 0 aliphatic rings. The lowest BCUT2D eigenvalue weighted by atomic mass is 10.3. The Morgan fingerprint density at radius 2 is 2.16 bits per heavy atom. The smallest absolute Gasteiger partial charge is 0.157 e. The molecule has 19 heavy (non-hydrogen) atoms. The molecule has 104 valence electrons. The number of ether oxygens (including phenoxy) is 1. The van der Waals surface area contributed by atoms with Crippen molar-refractivity contribution in [2.75, 3.05) is 0 Å². The molecule has 2 aromatic rings. The standard InChI is InChI=1S/C13H19BrN4O/c1-4-6-18-8-10(7-15-18)19-9-12-13(14)11(5-2)16-17(12)3/h7-8H,4-6,9H2,1-3H3. The van der Waals surface area contributed by atoms with Gasteiger partial charge in [0, 0.05) is 13.6 Å². The SMILES string of the molecule is CCCn1cc(OCc2c(Br)c(CC)nn2C)cn1. The monoisotopic (exact) mass is 326 g/mol. The number of hydrogen-bond donors (Lipinski definition) is 0. The first kappa shape index (κ1) is 14.1. The van der Waals surface area contributed by atoms with Gasteiger partial charge in [0.05, 0.1) is 28.3 Å². The average molecular weight is 327 g/mol. The van der Waals surface area contributed by atoms with Crippen molar-refractivity contribution in [3.8, 4) is 5.75 Å². The van der Waals surface area contributed by atoms with E-state index in [1.807, 2.05) is 22.6 Å². The molecule has 0 N–H and O–H groups in total. The predicted octanol–water partition coefficient (Wildman–Crippen LogP) is 2.93. The van der Waals surface area contributed by atoms with Crippen molar-refractivity contribution >= 4 is 15.9 Å². The van der Waals surface area contributed by atoms with Crippen LogP contribution in [-0.2, 0) is 26.6 Å². The van der Waals surface area contributed by atoms with Crippen molar-refractivity contribution in [2.24, 2.45) is 7.05 Å².